The van der Waals surface area contributed by atoms with Crippen molar-refractivity contribution in [2.24, 2.45) is 5.41 Å². The van der Waals surface area contributed by atoms with E-state index in [0.717, 1.165) is 17.5 Å². The summed E-state index contributed by atoms with van der Waals surface area (Å²) in [6.45, 7) is 3.41. The maximum atomic E-state index is 12.5. The minimum atomic E-state index is -1.12. The Kier molecular flexibility index (Phi) is 12.6. The summed E-state index contributed by atoms with van der Waals surface area (Å²) in [4.78, 5) is 34.2. The van der Waals surface area contributed by atoms with E-state index in [1.54, 1.807) is 13.8 Å². The Morgan fingerprint density at radius 1 is 1.19 bits per heavy atom. The number of aliphatic hydroxyl groups is 1. The van der Waals surface area contributed by atoms with E-state index in [0.29, 0.717) is 25.2 Å². The third kappa shape index (κ3) is 11.4. The van der Waals surface area contributed by atoms with Gasteiger partial charge in [-0.05, 0) is 30.4 Å². The number of amides is 1. The molecule has 8 nitrogen and oxygen atoms in total. The average Bonchev–Trinajstić information content (AvgIpc) is 2.86. The number of allylic oxidation sites excluding steroid dienone is 2. The van der Waals surface area contributed by atoms with Gasteiger partial charge in [-0.15, -0.1) is 0 Å². The number of benzene rings is 1. The van der Waals surface area contributed by atoms with Gasteiger partial charge in [0.15, 0.2) is 0 Å². The second kappa shape index (κ2) is 15.4. The maximum Gasteiger partial charge on any atom is 0.322 e. The van der Waals surface area contributed by atoms with E-state index in [-0.39, 0.29) is 18.4 Å². The van der Waals surface area contributed by atoms with Gasteiger partial charge in [0, 0.05) is 17.4 Å². The molecule has 0 bridgehead atoms. The van der Waals surface area contributed by atoms with Gasteiger partial charge in [-0.3, -0.25) is 14.4 Å². The van der Waals surface area contributed by atoms with Crippen LogP contribution in [0.4, 0.5) is 0 Å². The number of carboxylic acid groups (broad SMARTS) is 2. The summed E-state index contributed by atoms with van der Waals surface area (Å²) in [6.07, 6.45) is 12.5. The quantitative estimate of drug-likeness (QED) is 0.251. The second-order valence-electron chi connectivity index (χ2n) is 9.55. The van der Waals surface area contributed by atoms with Crippen molar-refractivity contribution in [2.45, 2.75) is 63.6 Å². The average molecular weight is 532 g/mol. The summed E-state index contributed by atoms with van der Waals surface area (Å²) in [5.41, 5.74) is 1.07. The highest BCUT2D eigenvalue weighted by Crippen LogP contribution is 2.29. The number of ether oxygens (including phenoxy) is 1. The van der Waals surface area contributed by atoms with Gasteiger partial charge in [0.25, 0.3) is 0 Å². The minimum absolute atomic E-state index is 0.0240. The highest BCUT2D eigenvalue weighted by atomic mass is 32.2. The molecule has 0 saturated heterocycles. The molecule has 4 N–H and O–H groups in total. The van der Waals surface area contributed by atoms with Gasteiger partial charge in [-0.1, -0.05) is 74.6 Å². The molecular weight excluding hydrogens is 494 g/mol. The summed E-state index contributed by atoms with van der Waals surface area (Å²) in [5, 5.41) is 30.7. The molecule has 1 aromatic carbocycles. The maximum absolute atomic E-state index is 12.5. The number of hydrogen-bond acceptors (Lipinski definition) is 6. The topological polar surface area (TPSA) is 133 Å². The Morgan fingerprint density at radius 2 is 1.95 bits per heavy atom. The summed E-state index contributed by atoms with van der Waals surface area (Å²) in [5.74, 6) is -2.10. The zero-order valence-electron chi connectivity index (χ0n) is 21.3. The summed E-state index contributed by atoms with van der Waals surface area (Å²) < 4.78 is 6.03. The lowest BCUT2D eigenvalue weighted by Gasteiger charge is -2.27. The largest absolute Gasteiger partial charge is 0.481 e. The lowest BCUT2D eigenvalue weighted by molar-refractivity contribution is -0.139. The fraction of sp³-hybridized carbons (Fsp3) is 0.464. The molecule has 2 rings (SSSR count). The number of hydrogen-bond donors (Lipinski definition) is 4. The van der Waals surface area contributed by atoms with Gasteiger partial charge in [0.2, 0.25) is 5.91 Å². The van der Waals surface area contributed by atoms with E-state index >= 15 is 0 Å². The van der Waals surface area contributed by atoms with Crippen LogP contribution in [-0.4, -0.2) is 62.9 Å². The number of thioether (sulfide) groups is 1. The number of carboxylic acids is 2. The van der Waals surface area contributed by atoms with E-state index < -0.39 is 35.3 Å². The van der Waals surface area contributed by atoms with Crippen molar-refractivity contribution in [3.63, 3.8) is 0 Å². The van der Waals surface area contributed by atoms with Gasteiger partial charge in [0.1, 0.15) is 6.54 Å². The Balaban J connectivity index is 2.11. The molecule has 1 aromatic rings. The standard InChI is InChI=1S/C28H37NO7S/c1-28(2,27(35)29-17-26(33)34)19-37-24(23(30)13-8-14-25(31)32)16-15-20-9-6-7-10-21(20)18-36-22-11-4-3-5-12-22/h3-7,9-11,15-16,22-24,30H,8,12-14,17-19H2,1-2H3,(H,29,35)(H,31,32)(H,33,34)/b16-15-. The molecule has 37 heavy (non-hydrogen) atoms. The molecule has 0 spiro atoms. The van der Waals surface area contributed by atoms with Crippen LogP contribution in [0.2, 0.25) is 0 Å². The van der Waals surface area contributed by atoms with Crippen LogP contribution in [0.25, 0.3) is 6.08 Å². The lowest BCUT2D eigenvalue weighted by atomic mass is 9.95. The highest BCUT2D eigenvalue weighted by Gasteiger charge is 2.30. The van der Waals surface area contributed by atoms with Crippen LogP contribution < -0.4 is 5.32 Å². The Labute approximate surface area is 222 Å². The predicted molar refractivity (Wildman–Crippen MR) is 145 cm³/mol. The first-order valence-electron chi connectivity index (χ1n) is 12.3. The van der Waals surface area contributed by atoms with Crippen molar-refractivity contribution >= 4 is 35.7 Å². The Hall–Kier alpha value is -2.88. The second-order valence-corrected chi connectivity index (χ2v) is 10.7. The molecule has 0 fully saturated rings. The van der Waals surface area contributed by atoms with E-state index in [2.05, 4.69) is 11.4 Å². The summed E-state index contributed by atoms with van der Waals surface area (Å²) >= 11 is 1.38. The number of aliphatic carboxylic acids is 2. The van der Waals surface area contributed by atoms with Crippen LogP contribution in [0.15, 0.2) is 54.6 Å². The van der Waals surface area contributed by atoms with Crippen molar-refractivity contribution < 1.29 is 34.4 Å². The SMILES string of the molecule is CC(C)(CSC(/C=C\c1ccccc1COC1C=CC=CC1)C(O)CCCC(=O)O)C(=O)NCC(=O)O. The molecule has 3 atom stereocenters. The van der Waals surface area contributed by atoms with Crippen molar-refractivity contribution in [3.8, 4) is 0 Å². The van der Waals surface area contributed by atoms with Crippen LogP contribution >= 0.6 is 11.8 Å². The molecule has 0 aliphatic heterocycles. The molecule has 9 heteroatoms. The van der Waals surface area contributed by atoms with Gasteiger partial charge in [0.05, 0.1) is 24.2 Å². The van der Waals surface area contributed by atoms with Crippen molar-refractivity contribution in [1.82, 2.24) is 5.32 Å². The van der Waals surface area contributed by atoms with Crippen LogP contribution in [0.5, 0.6) is 0 Å². The first-order valence-corrected chi connectivity index (χ1v) is 13.4. The summed E-state index contributed by atoms with van der Waals surface area (Å²) in [7, 11) is 0. The molecule has 3 unspecified atom stereocenters. The molecule has 1 aliphatic carbocycles. The fourth-order valence-corrected chi connectivity index (χ4v) is 4.88. The van der Waals surface area contributed by atoms with Crippen LogP contribution in [-0.2, 0) is 25.7 Å². The molecule has 0 saturated carbocycles. The first kappa shape index (κ1) is 30.3. The number of carbonyl (C=O) groups excluding carboxylic acids is 1. The van der Waals surface area contributed by atoms with Gasteiger partial charge in [-0.25, -0.2) is 0 Å². The zero-order chi connectivity index (χ0) is 27.3. The smallest absolute Gasteiger partial charge is 0.322 e. The van der Waals surface area contributed by atoms with Crippen LogP contribution in [0.1, 0.15) is 50.7 Å². The van der Waals surface area contributed by atoms with Crippen molar-refractivity contribution in [3.05, 3.63) is 65.8 Å². The number of nitrogens with one attached hydrogen (secondary N) is 1. The third-order valence-corrected chi connectivity index (χ3v) is 7.58. The van der Waals surface area contributed by atoms with E-state index in [1.165, 1.54) is 11.8 Å². The van der Waals surface area contributed by atoms with E-state index in [9.17, 15) is 19.5 Å². The molecular formula is C28H37NO7S. The molecule has 0 radical (unpaired) electrons. The third-order valence-electron chi connectivity index (χ3n) is 5.84. The lowest BCUT2D eigenvalue weighted by Crippen LogP contribution is -2.41. The van der Waals surface area contributed by atoms with Gasteiger partial charge >= 0.3 is 11.9 Å². The molecule has 1 amide bonds. The predicted octanol–water partition coefficient (Wildman–Crippen LogP) is 4.05. The van der Waals surface area contributed by atoms with E-state index in [4.69, 9.17) is 14.9 Å². The van der Waals surface area contributed by atoms with Crippen molar-refractivity contribution in [2.75, 3.05) is 12.3 Å². The number of rotatable bonds is 16. The van der Waals surface area contributed by atoms with Crippen LogP contribution in [0, 0.1) is 5.41 Å². The molecule has 202 valence electrons. The highest BCUT2D eigenvalue weighted by molar-refractivity contribution is 8.00. The van der Waals surface area contributed by atoms with E-state index in [1.807, 2.05) is 54.6 Å². The minimum Gasteiger partial charge on any atom is -0.481 e. The Morgan fingerprint density at radius 3 is 2.62 bits per heavy atom. The zero-order valence-corrected chi connectivity index (χ0v) is 22.2. The number of aliphatic hydroxyl groups excluding tert-OH is 1. The molecule has 1 aliphatic rings. The molecule has 0 heterocycles. The summed E-state index contributed by atoms with van der Waals surface area (Å²) in [6, 6.07) is 7.82. The molecule has 0 aromatic heterocycles. The van der Waals surface area contributed by atoms with Crippen molar-refractivity contribution in [1.29, 1.82) is 0 Å². The fourth-order valence-electron chi connectivity index (χ4n) is 3.59. The normalized spacial score (nSPS) is 17.0. The monoisotopic (exact) mass is 531 g/mol. The Bertz CT molecular complexity index is 1000. The van der Waals surface area contributed by atoms with Gasteiger partial charge in [-0.2, -0.15) is 11.8 Å². The van der Waals surface area contributed by atoms with Crippen LogP contribution in [0.3, 0.4) is 0 Å². The van der Waals surface area contributed by atoms with Gasteiger partial charge < -0.3 is 25.4 Å². The number of carbonyl (C=O) groups is 3. The first-order chi connectivity index (χ1) is 17.6.